The molecule has 0 aromatic carbocycles. The summed E-state index contributed by atoms with van der Waals surface area (Å²) in [5, 5.41) is 38.8. The molecule has 0 heterocycles. The Balaban J connectivity index is 0.000000569. The first-order chi connectivity index (χ1) is 20.4. The van der Waals surface area contributed by atoms with Crippen LogP contribution in [-0.2, 0) is 21.7 Å². The van der Waals surface area contributed by atoms with Crippen LogP contribution in [0.4, 0.5) is 0 Å². The van der Waals surface area contributed by atoms with Crippen molar-refractivity contribution < 1.29 is 42.1 Å². The normalized spacial score (nSPS) is 38.7. The number of rotatable bonds is 4. The van der Waals surface area contributed by atoms with Crippen molar-refractivity contribution in [1.82, 2.24) is 0 Å². The van der Waals surface area contributed by atoms with Crippen molar-refractivity contribution in [2.75, 3.05) is 0 Å². The SMILES string of the molecule is CC(C)[C@@H]1CC[C@@H](C)C[C@H]1O.CC(C)[C@@H]1CC[C@@H](C)C[C@H]1O.CC(C)[C@@H]1CC[C@@H](C)C[C@H]1O.CC(C)[C@@H]1CC[C@@H](C)C[C@H]1O.[Ti]. The van der Waals surface area contributed by atoms with E-state index in [-0.39, 0.29) is 46.1 Å². The first kappa shape index (κ1) is 45.6. The molecule has 0 aromatic heterocycles. The van der Waals surface area contributed by atoms with E-state index in [1.54, 1.807) is 0 Å². The van der Waals surface area contributed by atoms with Gasteiger partial charge in [0.25, 0.3) is 0 Å². The minimum atomic E-state index is -0.0289. The summed E-state index contributed by atoms with van der Waals surface area (Å²) in [6.45, 7) is 26.6. The average Bonchev–Trinajstić information content (AvgIpc) is 2.89. The van der Waals surface area contributed by atoms with E-state index in [2.05, 4.69) is 83.1 Å². The molecule has 0 aromatic rings. The van der Waals surface area contributed by atoms with Gasteiger partial charge in [0.05, 0.1) is 24.4 Å². The molecule has 4 rings (SSSR count). The molecule has 0 unspecified atom stereocenters. The third kappa shape index (κ3) is 17.2. The van der Waals surface area contributed by atoms with Gasteiger partial charge in [-0.2, -0.15) is 0 Å². The van der Waals surface area contributed by atoms with Crippen molar-refractivity contribution in [3.05, 3.63) is 0 Å². The maximum atomic E-state index is 9.71. The Morgan fingerprint density at radius 3 is 0.600 bits per heavy atom. The number of aliphatic hydroxyl groups is 4. The summed E-state index contributed by atoms with van der Waals surface area (Å²) in [6, 6.07) is 0. The van der Waals surface area contributed by atoms with Gasteiger partial charge >= 0.3 is 0 Å². The molecule has 4 aliphatic rings. The van der Waals surface area contributed by atoms with Crippen LogP contribution >= 0.6 is 0 Å². The molecule has 268 valence electrons. The third-order valence-electron chi connectivity index (χ3n) is 11.9. The van der Waals surface area contributed by atoms with Gasteiger partial charge in [-0.3, -0.25) is 0 Å². The van der Waals surface area contributed by atoms with E-state index in [0.717, 1.165) is 49.4 Å². The molecule has 0 bridgehead atoms. The van der Waals surface area contributed by atoms with Gasteiger partial charge < -0.3 is 20.4 Å². The molecule has 0 saturated heterocycles. The zero-order valence-corrected chi connectivity index (χ0v) is 33.6. The quantitative estimate of drug-likeness (QED) is 0.224. The monoisotopic (exact) mass is 673 g/mol. The fourth-order valence-electron chi connectivity index (χ4n) is 8.61. The molecule has 0 aliphatic heterocycles. The number of aliphatic hydroxyl groups excluding tert-OH is 4. The van der Waals surface area contributed by atoms with Crippen molar-refractivity contribution >= 4 is 0 Å². The summed E-state index contributed by atoms with van der Waals surface area (Å²) in [5.41, 5.74) is 0. The van der Waals surface area contributed by atoms with Crippen LogP contribution in [0.5, 0.6) is 0 Å². The minimum Gasteiger partial charge on any atom is -0.393 e. The Morgan fingerprint density at radius 1 is 0.333 bits per heavy atom. The van der Waals surface area contributed by atoms with Crippen molar-refractivity contribution in [3.8, 4) is 0 Å². The molecule has 12 atom stereocenters. The van der Waals surface area contributed by atoms with Crippen LogP contribution < -0.4 is 0 Å². The van der Waals surface area contributed by atoms with Gasteiger partial charge in [0, 0.05) is 21.7 Å². The molecule has 0 amide bonds. The molecule has 4 saturated carbocycles. The number of hydrogen-bond donors (Lipinski definition) is 4. The summed E-state index contributed by atoms with van der Waals surface area (Å²) < 4.78 is 0. The fourth-order valence-corrected chi connectivity index (χ4v) is 8.61. The van der Waals surface area contributed by atoms with Crippen LogP contribution in [0.2, 0.25) is 0 Å². The number of hydrogen-bond acceptors (Lipinski definition) is 4. The van der Waals surface area contributed by atoms with E-state index >= 15 is 0 Å². The Labute approximate surface area is 296 Å². The Hall–Kier alpha value is 0.554. The van der Waals surface area contributed by atoms with Crippen LogP contribution in [0.1, 0.15) is 160 Å². The van der Waals surface area contributed by atoms with E-state index in [0.29, 0.717) is 47.3 Å². The Morgan fingerprint density at radius 2 is 0.489 bits per heavy atom. The van der Waals surface area contributed by atoms with Crippen LogP contribution in [0.3, 0.4) is 0 Å². The fraction of sp³-hybridized carbons (Fsp3) is 1.00. The second-order valence-electron chi connectivity index (χ2n) is 17.6. The summed E-state index contributed by atoms with van der Waals surface area (Å²) >= 11 is 0. The molecule has 0 spiro atoms. The van der Waals surface area contributed by atoms with Gasteiger partial charge in [-0.05, 0) is 122 Å². The minimum absolute atomic E-state index is 0. The van der Waals surface area contributed by atoms with Crippen molar-refractivity contribution in [1.29, 1.82) is 0 Å². The van der Waals surface area contributed by atoms with Gasteiger partial charge in [0.1, 0.15) is 0 Å². The molecule has 5 heteroatoms. The Kier molecular flexibility index (Phi) is 23.3. The molecule has 4 fully saturated rings. The average molecular weight is 673 g/mol. The summed E-state index contributed by atoms with van der Waals surface area (Å²) in [7, 11) is 0. The molecule has 0 radical (unpaired) electrons. The molecule has 4 nitrogen and oxygen atoms in total. The first-order valence-electron chi connectivity index (χ1n) is 19.2. The molecule has 45 heavy (non-hydrogen) atoms. The van der Waals surface area contributed by atoms with Gasteiger partial charge in [-0.1, -0.05) is 109 Å². The zero-order valence-electron chi connectivity index (χ0n) is 32.0. The molecule has 4 aliphatic carbocycles. The van der Waals surface area contributed by atoms with Crippen molar-refractivity contribution in [2.24, 2.45) is 71.0 Å². The predicted octanol–water partition coefficient (Wildman–Crippen LogP) is 9.76. The van der Waals surface area contributed by atoms with E-state index in [1.807, 2.05) is 0 Å². The summed E-state index contributed by atoms with van der Waals surface area (Å²) in [4.78, 5) is 0. The van der Waals surface area contributed by atoms with E-state index in [4.69, 9.17) is 0 Å². The maximum absolute atomic E-state index is 9.71. The van der Waals surface area contributed by atoms with Crippen LogP contribution in [-0.4, -0.2) is 44.8 Å². The predicted molar refractivity (Wildman–Crippen MR) is 189 cm³/mol. The third-order valence-corrected chi connectivity index (χ3v) is 11.9. The van der Waals surface area contributed by atoms with Gasteiger partial charge in [-0.15, -0.1) is 0 Å². The smallest absolute Gasteiger partial charge is 0.0573 e. The molecule has 4 N–H and O–H groups in total. The first-order valence-corrected chi connectivity index (χ1v) is 19.2. The van der Waals surface area contributed by atoms with E-state index in [1.165, 1.54) is 51.4 Å². The van der Waals surface area contributed by atoms with Gasteiger partial charge in [0.15, 0.2) is 0 Å². The van der Waals surface area contributed by atoms with Crippen LogP contribution in [0, 0.1) is 71.0 Å². The van der Waals surface area contributed by atoms with Crippen LogP contribution in [0.15, 0.2) is 0 Å². The van der Waals surface area contributed by atoms with E-state index < -0.39 is 0 Å². The second-order valence-corrected chi connectivity index (χ2v) is 17.6. The van der Waals surface area contributed by atoms with E-state index in [9.17, 15) is 20.4 Å². The maximum Gasteiger partial charge on any atom is 0.0573 e. The molecular formula is C40H80O4Ti. The van der Waals surface area contributed by atoms with Crippen molar-refractivity contribution in [3.63, 3.8) is 0 Å². The molecular weight excluding hydrogens is 592 g/mol. The second kappa shape index (κ2) is 23.0. The summed E-state index contributed by atoms with van der Waals surface area (Å²) in [5.74, 6) is 7.79. The zero-order chi connectivity index (χ0) is 33.7. The van der Waals surface area contributed by atoms with Crippen molar-refractivity contribution in [2.45, 2.75) is 185 Å². The van der Waals surface area contributed by atoms with Crippen LogP contribution in [0.25, 0.3) is 0 Å². The summed E-state index contributed by atoms with van der Waals surface area (Å²) in [6.07, 6.45) is 14.1. The Bertz CT molecular complexity index is 607. The van der Waals surface area contributed by atoms with Gasteiger partial charge in [0.2, 0.25) is 0 Å². The van der Waals surface area contributed by atoms with Gasteiger partial charge in [-0.25, -0.2) is 0 Å². The standard InChI is InChI=1S/4C10H20O.Ti/c4*1-7(2)9-5-4-8(3)6-10(9)11;/h4*7-11H,4-6H2,1-3H3;/t4*8-,9+,10-;/m1111./s1. The topological polar surface area (TPSA) is 80.9 Å². The largest absolute Gasteiger partial charge is 0.393 e.